The molecule has 3 heterocycles. The molecule has 0 aliphatic heterocycles. The number of hydrogen-bond donors (Lipinski definition) is 0. The molecule has 0 atom stereocenters. The number of nitriles is 1. The Hall–Kier alpha value is -2.38. The Morgan fingerprint density at radius 3 is 2.79 bits per heavy atom. The van der Waals surface area contributed by atoms with Crippen LogP contribution in [0.25, 0.3) is 16.9 Å². The summed E-state index contributed by atoms with van der Waals surface area (Å²) in [6, 6.07) is 9.51. The summed E-state index contributed by atoms with van der Waals surface area (Å²) in [5.41, 5.74) is 3.34. The molecule has 0 spiro atoms. The molecule has 0 aliphatic carbocycles. The van der Waals surface area contributed by atoms with Gasteiger partial charge in [0.2, 0.25) is 0 Å². The Balaban J connectivity index is 2.29. The van der Waals surface area contributed by atoms with Crippen LogP contribution in [0.5, 0.6) is 0 Å². The second kappa shape index (κ2) is 4.71. The summed E-state index contributed by atoms with van der Waals surface area (Å²) in [7, 11) is 0. The maximum absolute atomic E-state index is 8.99. The summed E-state index contributed by atoms with van der Waals surface area (Å²) in [5.74, 6) is 0. The number of imidazole rings is 1. The van der Waals surface area contributed by atoms with E-state index in [1.807, 2.05) is 22.7 Å². The molecule has 0 saturated carbocycles. The van der Waals surface area contributed by atoms with Crippen LogP contribution in [0.3, 0.4) is 0 Å². The van der Waals surface area contributed by atoms with Gasteiger partial charge in [0.15, 0.2) is 0 Å². The minimum Gasteiger partial charge on any atom is -0.302 e. The van der Waals surface area contributed by atoms with E-state index in [4.69, 9.17) is 16.9 Å². The number of pyridine rings is 2. The van der Waals surface area contributed by atoms with Gasteiger partial charge in [0.25, 0.3) is 0 Å². The fourth-order valence-electron chi connectivity index (χ4n) is 2.06. The molecule has 3 aromatic rings. The molecule has 3 aromatic heterocycles. The van der Waals surface area contributed by atoms with Crippen LogP contribution in [0.4, 0.5) is 0 Å². The molecule has 0 aromatic carbocycles. The molecule has 4 nitrogen and oxygen atoms in total. The SMILES string of the molecule is N#CCc1c(-c2ccncc2)nc2cc(Cl)ccn12. The lowest BCUT2D eigenvalue weighted by Gasteiger charge is -2.00. The molecule has 19 heavy (non-hydrogen) atoms. The van der Waals surface area contributed by atoms with E-state index >= 15 is 0 Å². The molecular weight excluding hydrogens is 260 g/mol. The predicted octanol–water partition coefficient (Wildman–Crippen LogP) is 3.12. The maximum Gasteiger partial charge on any atom is 0.139 e. The molecule has 0 radical (unpaired) electrons. The molecule has 5 heteroatoms. The molecule has 0 N–H and O–H groups in total. The molecule has 0 amide bonds. The van der Waals surface area contributed by atoms with Crippen LogP contribution >= 0.6 is 11.6 Å². The van der Waals surface area contributed by atoms with E-state index in [9.17, 15) is 0 Å². The molecule has 3 rings (SSSR count). The third-order valence-electron chi connectivity index (χ3n) is 2.89. The first-order valence-electron chi connectivity index (χ1n) is 5.73. The summed E-state index contributed by atoms with van der Waals surface area (Å²) >= 11 is 5.98. The van der Waals surface area contributed by atoms with Crippen LogP contribution in [0.2, 0.25) is 5.02 Å². The lowest BCUT2D eigenvalue weighted by Crippen LogP contribution is -1.93. The van der Waals surface area contributed by atoms with Gasteiger partial charge in [-0.05, 0) is 18.2 Å². The first-order valence-corrected chi connectivity index (χ1v) is 6.11. The number of hydrogen-bond acceptors (Lipinski definition) is 3. The molecule has 0 saturated heterocycles. The van der Waals surface area contributed by atoms with Gasteiger partial charge < -0.3 is 4.40 Å². The molecular formula is C14H9ClN4. The Morgan fingerprint density at radius 2 is 2.05 bits per heavy atom. The smallest absolute Gasteiger partial charge is 0.139 e. The molecule has 0 unspecified atom stereocenters. The van der Waals surface area contributed by atoms with Crippen molar-refractivity contribution in [3.8, 4) is 17.3 Å². The zero-order valence-electron chi connectivity index (χ0n) is 9.92. The van der Waals surface area contributed by atoms with Crippen LogP contribution in [0, 0.1) is 11.3 Å². The fraction of sp³-hybridized carbons (Fsp3) is 0.0714. The van der Waals surface area contributed by atoms with Crippen LogP contribution in [-0.2, 0) is 6.42 Å². The van der Waals surface area contributed by atoms with Crippen molar-refractivity contribution in [2.45, 2.75) is 6.42 Å². The Kier molecular flexibility index (Phi) is 2.90. The first kappa shape index (κ1) is 11.7. The molecule has 0 aliphatic rings. The van der Waals surface area contributed by atoms with Gasteiger partial charge in [-0.3, -0.25) is 4.98 Å². The number of halogens is 1. The highest BCUT2D eigenvalue weighted by atomic mass is 35.5. The van der Waals surface area contributed by atoms with E-state index in [0.717, 1.165) is 22.6 Å². The van der Waals surface area contributed by atoms with E-state index in [2.05, 4.69) is 16.0 Å². The number of rotatable bonds is 2. The van der Waals surface area contributed by atoms with Crippen molar-refractivity contribution in [2.75, 3.05) is 0 Å². The summed E-state index contributed by atoms with van der Waals surface area (Å²) in [5, 5.41) is 9.62. The van der Waals surface area contributed by atoms with Gasteiger partial charge in [0.1, 0.15) is 5.65 Å². The third kappa shape index (κ3) is 2.05. The van der Waals surface area contributed by atoms with Gasteiger partial charge >= 0.3 is 0 Å². The molecule has 0 bridgehead atoms. The monoisotopic (exact) mass is 268 g/mol. The second-order valence-electron chi connectivity index (χ2n) is 4.05. The van der Waals surface area contributed by atoms with Crippen molar-refractivity contribution in [1.29, 1.82) is 5.26 Å². The van der Waals surface area contributed by atoms with Crippen LogP contribution in [0.1, 0.15) is 5.69 Å². The highest BCUT2D eigenvalue weighted by Crippen LogP contribution is 2.25. The van der Waals surface area contributed by atoms with E-state index in [-0.39, 0.29) is 0 Å². The van der Waals surface area contributed by atoms with Gasteiger partial charge in [-0.2, -0.15) is 5.26 Å². The highest BCUT2D eigenvalue weighted by Gasteiger charge is 2.13. The zero-order valence-corrected chi connectivity index (χ0v) is 10.7. The van der Waals surface area contributed by atoms with Gasteiger partial charge in [-0.25, -0.2) is 4.98 Å². The lowest BCUT2D eigenvalue weighted by molar-refractivity contribution is 1.06. The standard InChI is InChI=1S/C14H9ClN4/c15-11-4-8-19-12(1-5-16)14(18-13(19)9-11)10-2-6-17-7-3-10/h2-4,6-9H,1H2. The Morgan fingerprint density at radius 1 is 1.26 bits per heavy atom. The van der Waals surface area contributed by atoms with Gasteiger partial charge in [0.05, 0.1) is 23.9 Å². The minimum absolute atomic E-state index is 0.292. The molecule has 92 valence electrons. The zero-order chi connectivity index (χ0) is 13.2. The minimum atomic E-state index is 0.292. The third-order valence-corrected chi connectivity index (χ3v) is 3.12. The fourth-order valence-corrected chi connectivity index (χ4v) is 2.21. The quantitative estimate of drug-likeness (QED) is 0.717. The average molecular weight is 269 g/mol. The second-order valence-corrected chi connectivity index (χ2v) is 4.49. The summed E-state index contributed by atoms with van der Waals surface area (Å²) in [6.07, 6.45) is 5.55. The molecule has 0 fully saturated rings. The Bertz CT molecular complexity index is 771. The number of fused-ring (bicyclic) bond motifs is 1. The average Bonchev–Trinajstić information content (AvgIpc) is 2.78. The summed E-state index contributed by atoms with van der Waals surface area (Å²) < 4.78 is 1.89. The van der Waals surface area contributed by atoms with Crippen LogP contribution in [0.15, 0.2) is 42.9 Å². The first-order chi connectivity index (χ1) is 9.29. The number of aromatic nitrogens is 3. The normalized spacial score (nSPS) is 10.5. The van der Waals surface area contributed by atoms with E-state index in [1.54, 1.807) is 24.5 Å². The summed E-state index contributed by atoms with van der Waals surface area (Å²) in [6.45, 7) is 0. The van der Waals surface area contributed by atoms with Crippen LogP contribution < -0.4 is 0 Å². The Labute approximate surface area is 114 Å². The van der Waals surface area contributed by atoms with Crippen molar-refractivity contribution >= 4 is 17.2 Å². The van der Waals surface area contributed by atoms with Crippen molar-refractivity contribution < 1.29 is 0 Å². The predicted molar refractivity (Wildman–Crippen MR) is 72.8 cm³/mol. The topological polar surface area (TPSA) is 54.0 Å². The van der Waals surface area contributed by atoms with Gasteiger partial charge in [0, 0.05) is 35.2 Å². The van der Waals surface area contributed by atoms with Crippen molar-refractivity contribution in [3.63, 3.8) is 0 Å². The lowest BCUT2D eigenvalue weighted by atomic mass is 10.1. The van der Waals surface area contributed by atoms with E-state index < -0.39 is 0 Å². The summed E-state index contributed by atoms with van der Waals surface area (Å²) in [4.78, 5) is 8.56. The van der Waals surface area contributed by atoms with Crippen molar-refractivity contribution in [3.05, 3.63) is 53.6 Å². The van der Waals surface area contributed by atoms with Gasteiger partial charge in [-0.1, -0.05) is 11.6 Å². The number of nitrogens with zero attached hydrogens (tertiary/aromatic N) is 4. The largest absolute Gasteiger partial charge is 0.302 e. The van der Waals surface area contributed by atoms with Crippen molar-refractivity contribution in [1.82, 2.24) is 14.4 Å². The highest BCUT2D eigenvalue weighted by molar-refractivity contribution is 6.30. The van der Waals surface area contributed by atoms with Gasteiger partial charge in [-0.15, -0.1) is 0 Å². The van der Waals surface area contributed by atoms with Crippen molar-refractivity contribution in [2.24, 2.45) is 0 Å². The maximum atomic E-state index is 8.99. The van der Waals surface area contributed by atoms with E-state index in [1.165, 1.54) is 0 Å². The van der Waals surface area contributed by atoms with E-state index in [0.29, 0.717) is 11.4 Å². The van der Waals surface area contributed by atoms with Crippen LogP contribution in [-0.4, -0.2) is 14.4 Å².